The molecule has 2 heterocycles. The van der Waals surface area contributed by atoms with Crippen molar-refractivity contribution in [3.8, 4) is 5.75 Å². The number of esters is 1. The summed E-state index contributed by atoms with van der Waals surface area (Å²) in [5, 5.41) is 70.9. The maximum Gasteiger partial charge on any atom is 0.335 e. The van der Waals surface area contributed by atoms with E-state index in [-0.39, 0.29) is 17.7 Å². The summed E-state index contributed by atoms with van der Waals surface area (Å²) in [7, 11) is 0. The first kappa shape index (κ1) is 28.0. The zero-order valence-electron chi connectivity index (χ0n) is 20.2. The average Bonchev–Trinajstić information content (AvgIpc) is 3.11. The number of aliphatic hydroxyl groups is 5. The van der Waals surface area contributed by atoms with Gasteiger partial charge in [0.1, 0.15) is 24.1 Å². The minimum absolute atomic E-state index is 0.0332. The lowest BCUT2D eigenvalue weighted by atomic mass is 9.81. The fraction of sp³-hybridized carbons (Fsp3) is 0.520. The van der Waals surface area contributed by atoms with Crippen molar-refractivity contribution in [2.75, 3.05) is 6.61 Å². The highest BCUT2D eigenvalue weighted by Crippen LogP contribution is 2.49. The van der Waals surface area contributed by atoms with Crippen LogP contribution in [0.5, 0.6) is 5.75 Å². The Morgan fingerprint density at radius 1 is 1.13 bits per heavy atom. The Kier molecular flexibility index (Phi) is 8.09. The van der Waals surface area contributed by atoms with E-state index in [9.17, 15) is 45.3 Å². The summed E-state index contributed by atoms with van der Waals surface area (Å²) in [5.41, 5.74) is -1.35. The van der Waals surface area contributed by atoms with Gasteiger partial charge < -0.3 is 54.7 Å². The molecular weight excluding hydrogens is 508 g/mol. The predicted molar refractivity (Wildman–Crippen MR) is 125 cm³/mol. The normalized spacial score (nSPS) is 38.8. The molecule has 38 heavy (non-hydrogen) atoms. The number of carboxylic acid groups (broad SMARTS) is 1. The summed E-state index contributed by atoms with van der Waals surface area (Å²) in [6.07, 6.45) is -7.55. The molecule has 1 aliphatic carbocycles. The van der Waals surface area contributed by atoms with Crippen molar-refractivity contribution in [1.82, 2.24) is 0 Å². The number of carbonyl (C=O) groups excluding carboxylic acids is 1. The van der Waals surface area contributed by atoms with E-state index in [1.807, 2.05) is 0 Å². The number of fused-ring (bicyclic) bond motifs is 1. The van der Waals surface area contributed by atoms with Crippen LogP contribution < -0.4 is 0 Å². The number of aliphatic hydroxyl groups excluding tert-OH is 4. The van der Waals surface area contributed by atoms with Crippen molar-refractivity contribution in [3.05, 3.63) is 47.7 Å². The molecule has 13 heteroatoms. The maximum absolute atomic E-state index is 12.5. The molecule has 4 rings (SSSR count). The van der Waals surface area contributed by atoms with Gasteiger partial charge in [0.2, 0.25) is 12.6 Å². The van der Waals surface area contributed by atoms with Crippen molar-refractivity contribution >= 4 is 18.0 Å². The zero-order valence-corrected chi connectivity index (χ0v) is 20.2. The van der Waals surface area contributed by atoms with Gasteiger partial charge in [0, 0.05) is 18.4 Å². The van der Waals surface area contributed by atoms with Crippen LogP contribution in [0.3, 0.4) is 0 Å². The SMILES string of the molecule is C[C@@]1(O)C[C@H](O)[C@H]2C(C(=O)O)=CO[C@@H](O[C@H]3O[C@@H](CO)[C@H](O)[C@@H](O)[C@@H]3OC(=O)/C=C/c3ccc(O)cc3)[C@@H]21. The van der Waals surface area contributed by atoms with E-state index in [2.05, 4.69) is 0 Å². The smallest absolute Gasteiger partial charge is 0.335 e. The Bertz CT molecular complexity index is 1080. The minimum atomic E-state index is -1.77. The topological polar surface area (TPSA) is 213 Å². The van der Waals surface area contributed by atoms with E-state index in [1.165, 1.54) is 37.3 Å². The van der Waals surface area contributed by atoms with Gasteiger partial charge in [-0.2, -0.15) is 0 Å². The van der Waals surface area contributed by atoms with Gasteiger partial charge in [-0.1, -0.05) is 12.1 Å². The maximum atomic E-state index is 12.5. The first-order valence-corrected chi connectivity index (χ1v) is 11.9. The molecule has 3 aliphatic rings. The molecule has 10 atom stereocenters. The molecule has 0 unspecified atom stereocenters. The van der Waals surface area contributed by atoms with E-state index in [4.69, 9.17) is 18.9 Å². The third-order valence-corrected chi connectivity index (χ3v) is 7.02. The van der Waals surface area contributed by atoms with E-state index in [0.717, 1.165) is 12.3 Å². The number of rotatable bonds is 7. The fourth-order valence-electron chi connectivity index (χ4n) is 5.14. The number of carbonyl (C=O) groups is 2. The highest BCUT2D eigenvalue weighted by molar-refractivity contribution is 5.88. The van der Waals surface area contributed by atoms with Gasteiger partial charge in [-0.05, 0) is 30.7 Å². The standard InChI is InChI=1S/C25H30O13/c1-25(34)8-14(28)17-13(22(32)33)10-35-23(18(17)25)38-24-21(20(31)19(30)15(9-26)36-24)37-16(29)7-4-11-2-5-12(27)6-3-11/h2-7,10,14-15,17-21,23-24,26-28,30-31,34H,8-9H2,1H3,(H,32,33)/b7-4+/t14-,15-,17+,18+,19-,20+,21-,23-,24+,25+/m0/s1. The molecule has 2 aliphatic heterocycles. The number of ether oxygens (including phenoxy) is 4. The number of hydrogen-bond donors (Lipinski definition) is 7. The summed E-state index contributed by atoms with van der Waals surface area (Å²) in [4.78, 5) is 24.2. The quantitative estimate of drug-likeness (QED) is 0.161. The molecule has 1 aromatic rings. The Morgan fingerprint density at radius 3 is 2.45 bits per heavy atom. The Morgan fingerprint density at radius 2 is 1.82 bits per heavy atom. The fourth-order valence-corrected chi connectivity index (χ4v) is 5.14. The highest BCUT2D eigenvalue weighted by atomic mass is 16.8. The first-order valence-electron chi connectivity index (χ1n) is 11.9. The van der Waals surface area contributed by atoms with Gasteiger partial charge in [0.25, 0.3) is 0 Å². The lowest BCUT2D eigenvalue weighted by molar-refractivity contribution is -0.347. The summed E-state index contributed by atoms with van der Waals surface area (Å²) in [6.45, 7) is 0.657. The molecule has 208 valence electrons. The molecule has 0 spiro atoms. The molecule has 0 radical (unpaired) electrons. The second kappa shape index (κ2) is 11.0. The summed E-state index contributed by atoms with van der Waals surface area (Å²) in [5.74, 6) is -4.43. The number of phenolic OH excluding ortho intramolecular Hbond substituents is 1. The van der Waals surface area contributed by atoms with Crippen molar-refractivity contribution in [2.24, 2.45) is 11.8 Å². The third kappa shape index (κ3) is 5.54. The zero-order chi connectivity index (χ0) is 27.8. The molecule has 1 saturated heterocycles. The number of phenols is 1. The van der Waals surface area contributed by atoms with E-state index < -0.39 is 79.1 Å². The van der Waals surface area contributed by atoms with Crippen LogP contribution in [0.25, 0.3) is 6.08 Å². The summed E-state index contributed by atoms with van der Waals surface area (Å²) >= 11 is 0. The largest absolute Gasteiger partial charge is 0.508 e. The molecule has 2 fully saturated rings. The Labute approximate surface area is 216 Å². The Hall–Kier alpha value is -3.04. The highest BCUT2D eigenvalue weighted by Gasteiger charge is 2.59. The van der Waals surface area contributed by atoms with Gasteiger partial charge in [0.05, 0.1) is 36.1 Å². The van der Waals surface area contributed by atoms with Crippen LogP contribution in [0.4, 0.5) is 0 Å². The van der Waals surface area contributed by atoms with Crippen molar-refractivity contribution in [2.45, 2.75) is 62.0 Å². The van der Waals surface area contributed by atoms with Crippen LogP contribution >= 0.6 is 0 Å². The first-order chi connectivity index (χ1) is 17.9. The minimum Gasteiger partial charge on any atom is -0.508 e. The van der Waals surface area contributed by atoms with Gasteiger partial charge >= 0.3 is 11.9 Å². The van der Waals surface area contributed by atoms with Crippen LogP contribution in [0, 0.1) is 11.8 Å². The molecule has 0 bridgehead atoms. The number of aliphatic carboxylic acids is 1. The monoisotopic (exact) mass is 538 g/mol. The summed E-state index contributed by atoms with van der Waals surface area (Å²) < 4.78 is 22.2. The molecular formula is C25H30O13. The molecule has 0 amide bonds. The molecule has 1 aromatic carbocycles. The molecule has 13 nitrogen and oxygen atoms in total. The number of aromatic hydroxyl groups is 1. The number of hydrogen-bond acceptors (Lipinski definition) is 12. The van der Waals surface area contributed by atoms with Crippen molar-refractivity contribution in [3.63, 3.8) is 0 Å². The van der Waals surface area contributed by atoms with Gasteiger partial charge in [-0.15, -0.1) is 0 Å². The second-order valence-corrected chi connectivity index (χ2v) is 9.73. The van der Waals surface area contributed by atoms with Crippen LogP contribution in [0.15, 0.2) is 42.2 Å². The number of benzene rings is 1. The summed E-state index contributed by atoms with van der Waals surface area (Å²) in [6, 6.07) is 5.90. The van der Waals surface area contributed by atoms with Crippen molar-refractivity contribution in [1.29, 1.82) is 0 Å². The van der Waals surface area contributed by atoms with Gasteiger partial charge in [-0.3, -0.25) is 0 Å². The van der Waals surface area contributed by atoms with Gasteiger partial charge in [0.15, 0.2) is 6.10 Å². The van der Waals surface area contributed by atoms with E-state index in [1.54, 1.807) is 0 Å². The van der Waals surface area contributed by atoms with Crippen LogP contribution in [0.2, 0.25) is 0 Å². The average molecular weight is 539 g/mol. The number of carboxylic acids is 1. The molecule has 7 N–H and O–H groups in total. The second-order valence-electron chi connectivity index (χ2n) is 9.73. The van der Waals surface area contributed by atoms with Gasteiger partial charge in [-0.25, -0.2) is 9.59 Å². The lowest BCUT2D eigenvalue weighted by Crippen LogP contribution is -2.62. The molecule has 0 aromatic heterocycles. The van der Waals surface area contributed by atoms with Crippen LogP contribution in [-0.4, -0.2) is 103 Å². The van der Waals surface area contributed by atoms with E-state index in [0.29, 0.717) is 5.56 Å². The van der Waals surface area contributed by atoms with Crippen LogP contribution in [0.1, 0.15) is 18.9 Å². The predicted octanol–water partition coefficient (Wildman–Crippen LogP) is -1.15. The molecule has 1 saturated carbocycles. The van der Waals surface area contributed by atoms with Crippen LogP contribution in [-0.2, 0) is 28.5 Å². The van der Waals surface area contributed by atoms with E-state index >= 15 is 0 Å². The Balaban J connectivity index is 1.57. The van der Waals surface area contributed by atoms with Crippen molar-refractivity contribution < 1.29 is 64.3 Å². The lowest BCUT2D eigenvalue weighted by Gasteiger charge is -2.44. The third-order valence-electron chi connectivity index (χ3n) is 7.02.